The molecule has 0 radical (unpaired) electrons. The predicted octanol–water partition coefficient (Wildman–Crippen LogP) is 4.66. The second-order valence-electron chi connectivity index (χ2n) is 4.66. The van der Waals surface area contributed by atoms with Gasteiger partial charge in [-0.2, -0.15) is 0 Å². The molecule has 1 unspecified atom stereocenters. The number of benzene rings is 2. The first-order chi connectivity index (χ1) is 9.60. The molecule has 0 aliphatic rings. The highest BCUT2D eigenvalue weighted by Gasteiger charge is 2.11. The number of rotatable bonds is 5. The first kappa shape index (κ1) is 15.0. The van der Waals surface area contributed by atoms with Gasteiger partial charge in [0.1, 0.15) is 5.75 Å². The van der Waals surface area contributed by atoms with Crippen LogP contribution in [0.4, 0.5) is 4.39 Å². The van der Waals surface area contributed by atoms with Crippen molar-refractivity contribution in [1.82, 2.24) is 0 Å². The van der Waals surface area contributed by atoms with Gasteiger partial charge in [-0.25, -0.2) is 4.39 Å². The summed E-state index contributed by atoms with van der Waals surface area (Å²) < 4.78 is 20.2. The quantitative estimate of drug-likeness (QED) is 0.861. The maximum atomic E-state index is 13.7. The van der Waals surface area contributed by atoms with Gasteiger partial charge in [0.05, 0.1) is 0 Å². The van der Waals surface area contributed by atoms with E-state index in [9.17, 15) is 4.39 Å². The molecule has 0 aromatic heterocycles. The highest BCUT2D eigenvalue weighted by atomic mass is 79.9. The molecule has 2 nitrogen and oxygen atoms in total. The summed E-state index contributed by atoms with van der Waals surface area (Å²) >= 11 is 3.31. The molecule has 0 heterocycles. The van der Waals surface area contributed by atoms with Crippen LogP contribution in [0, 0.1) is 5.82 Å². The smallest absolute Gasteiger partial charge is 0.165 e. The average molecular weight is 338 g/mol. The molecular formula is C16H17BrFNO. The third-order valence-electron chi connectivity index (χ3n) is 3.09. The van der Waals surface area contributed by atoms with Crippen LogP contribution in [0.25, 0.3) is 0 Å². The van der Waals surface area contributed by atoms with E-state index in [1.807, 2.05) is 31.2 Å². The molecule has 106 valence electrons. The topological polar surface area (TPSA) is 35.2 Å². The largest absolute Gasteiger partial charge is 0.454 e. The van der Waals surface area contributed by atoms with Gasteiger partial charge in [0.2, 0.25) is 0 Å². The molecule has 4 heteroatoms. The molecule has 2 aromatic rings. The van der Waals surface area contributed by atoms with Crippen LogP contribution in [-0.4, -0.2) is 6.04 Å². The minimum Gasteiger partial charge on any atom is -0.454 e. The van der Waals surface area contributed by atoms with Crippen LogP contribution >= 0.6 is 15.9 Å². The van der Waals surface area contributed by atoms with Gasteiger partial charge in [-0.3, -0.25) is 0 Å². The number of para-hydroxylation sites is 1. The predicted molar refractivity (Wildman–Crippen MR) is 82.6 cm³/mol. The Balaban J connectivity index is 2.27. The van der Waals surface area contributed by atoms with Crippen molar-refractivity contribution < 1.29 is 9.13 Å². The highest BCUT2D eigenvalue weighted by Crippen LogP contribution is 2.30. The molecule has 0 aliphatic carbocycles. The standard InChI is InChI=1S/C16H17BrFNO/c1-2-13(19)9-11-5-3-4-6-15(11)20-16-10-12(17)7-8-14(16)18/h3-8,10,13H,2,9,19H2,1H3. The van der Waals surface area contributed by atoms with Crippen molar-refractivity contribution in [1.29, 1.82) is 0 Å². The van der Waals surface area contributed by atoms with Gasteiger partial charge in [0.15, 0.2) is 11.6 Å². The van der Waals surface area contributed by atoms with Gasteiger partial charge in [-0.05, 0) is 42.7 Å². The van der Waals surface area contributed by atoms with E-state index in [4.69, 9.17) is 10.5 Å². The zero-order valence-corrected chi connectivity index (χ0v) is 12.9. The maximum Gasteiger partial charge on any atom is 0.165 e. The van der Waals surface area contributed by atoms with Crippen LogP contribution in [0.3, 0.4) is 0 Å². The maximum absolute atomic E-state index is 13.7. The zero-order chi connectivity index (χ0) is 14.5. The van der Waals surface area contributed by atoms with Crippen LogP contribution in [-0.2, 0) is 6.42 Å². The van der Waals surface area contributed by atoms with E-state index < -0.39 is 0 Å². The third kappa shape index (κ3) is 3.81. The van der Waals surface area contributed by atoms with Gasteiger partial charge in [0.25, 0.3) is 0 Å². The van der Waals surface area contributed by atoms with E-state index in [1.54, 1.807) is 12.1 Å². The summed E-state index contributed by atoms with van der Waals surface area (Å²) in [5.74, 6) is 0.466. The van der Waals surface area contributed by atoms with Crippen molar-refractivity contribution in [3.05, 3.63) is 58.3 Å². The van der Waals surface area contributed by atoms with Crippen molar-refractivity contribution in [3.8, 4) is 11.5 Å². The summed E-state index contributed by atoms with van der Waals surface area (Å²) in [5.41, 5.74) is 6.97. The van der Waals surface area contributed by atoms with E-state index >= 15 is 0 Å². The lowest BCUT2D eigenvalue weighted by Crippen LogP contribution is -2.21. The first-order valence-corrected chi connectivity index (χ1v) is 7.36. The van der Waals surface area contributed by atoms with Crippen LogP contribution < -0.4 is 10.5 Å². The van der Waals surface area contributed by atoms with E-state index in [1.165, 1.54) is 6.07 Å². The van der Waals surface area contributed by atoms with Gasteiger partial charge < -0.3 is 10.5 Å². The Kier molecular flexibility index (Phi) is 5.15. The fraction of sp³-hybridized carbons (Fsp3) is 0.250. The summed E-state index contributed by atoms with van der Waals surface area (Å²) in [6.45, 7) is 2.04. The van der Waals surface area contributed by atoms with Gasteiger partial charge in [0, 0.05) is 10.5 Å². The fourth-order valence-electron chi connectivity index (χ4n) is 1.87. The molecule has 0 saturated carbocycles. The van der Waals surface area contributed by atoms with Crippen molar-refractivity contribution >= 4 is 15.9 Å². The van der Waals surface area contributed by atoms with Crippen molar-refractivity contribution in [2.45, 2.75) is 25.8 Å². The monoisotopic (exact) mass is 337 g/mol. The number of hydrogen-bond acceptors (Lipinski definition) is 2. The molecular weight excluding hydrogens is 321 g/mol. The lowest BCUT2D eigenvalue weighted by Gasteiger charge is -2.14. The average Bonchev–Trinajstić information content (AvgIpc) is 2.44. The number of nitrogens with two attached hydrogens (primary N) is 1. The third-order valence-corrected chi connectivity index (χ3v) is 3.59. The first-order valence-electron chi connectivity index (χ1n) is 6.56. The molecule has 0 bridgehead atoms. The molecule has 0 fully saturated rings. The van der Waals surface area contributed by atoms with Crippen molar-refractivity contribution in [2.24, 2.45) is 5.73 Å². The van der Waals surface area contributed by atoms with Gasteiger partial charge >= 0.3 is 0 Å². The van der Waals surface area contributed by atoms with Crippen LogP contribution in [0.2, 0.25) is 0 Å². The number of halogens is 2. The van der Waals surface area contributed by atoms with Gasteiger partial charge in [-0.1, -0.05) is 41.1 Å². The summed E-state index contributed by atoms with van der Waals surface area (Å²) in [5, 5.41) is 0. The van der Waals surface area contributed by atoms with Crippen LogP contribution in [0.1, 0.15) is 18.9 Å². The Morgan fingerprint density at radius 1 is 1.20 bits per heavy atom. The molecule has 0 aliphatic heterocycles. The Morgan fingerprint density at radius 3 is 2.70 bits per heavy atom. The van der Waals surface area contributed by atoms with Crippen molar-refractivity contribution in [2.75, 3.05) is 0 Å². The van der Waals surface area contributed by atoms with E-state index in [0.717, 1.165) is 16.5 Å². The minimum absolute atomic E-state index is 0.0760. The SMILES string of the molecule is CCC(N)Cc1ccccc1Oc1cc(Br)ccc1F. The molecule has 0 spiro atoms. The summed E-state index contributed by atoms with van der Waals surface area (Å²) in [6, 6.07) is 12.3. The lowest BCUT2D eigenvalue weighted by atomic mass is 10.0. The summed E-state index contributed by atoms with van der Waals surface area (Å²) in [6.07, 6.45) is 1.60. The lowest BCUT2D eigenvalue weighted by molar-refractivity contribution is 0.435. The second-order valence-corrected chi connectivity index (χ2v) is 5.57. The molecule has 20 heavy (non-hydrogen) atoms. The van der Waals surface area contributed by atoms with E-state index in [-0.39, 0.29) is 17.6 Å². The molecule has 2 aromatic carbocycles. The normalized spacial score (nSPS) is 12.2. The summed E-state index contributed by atoms with van der Waals surface area (Å²) in [7, 11) is 0. The molecule has 2 rings (SSSR count). The molecule has 0 saturated heterocycles. The van der Waals surface area contributed by atoms with Crippen LogP contribution in [0.5, 0.6) is 11.5 Å². The Morgan fingerprint density at radius 2 is 1.95 bits per heavy atom. The molecule has 2 N–H and O–H groups in total. The summed E-state index contributed by atoms with van der Waals surface area (Å²) in [4.78, 5) is 0. The van der Waals surface area contributed by atoms with E-state index in [0.29, 0.717) is 12.2 Å². The van der Waals surface area contributed by atoms with Crippen molar-refractivity contribution in [3.63, 3.8) is 0 Å². The zero-order valence-electron chi connectivity index (χ0n) is 11.3. The second kappa shape index (κ2) is 6.86. The fourth-order valence-corrected chi connectivity index (χ4v) is 2.21. The Hall–Kier alpha value is -1.39. The number of hydrogen-bond donors (Lipinski definition) is 1. The molecule has 1 atom stereocenters. The minimum atomic E-state index is -0.386. The Labute approximate surface area is 126 Å². The Bertz CT molecular complexity index is 588. The highest BCUT2D eigenvalue weighted by molar-refractivity contribution is 9.10. The molecule has 0 amide bonds. The van der Waals surface area contributed by atoms with Gasteiger partial charge in [-0.15, -0.1) is 0 Å². The van der Waals surface area contributed by atoms with E-state index in [2.05, 4.69) is 15.9 Å². The number of ether oxygens (including phenoxy) is 1. The van der Waals surface area contributed by atoms with Crippen LogP contribution in [0.15, 0.2) is 46.9 Å².